The van der Waals surface area contributed by atoms with Crippen LogP contribution in [0, 0.1) is 0 Å². The molecular formula is C12H26N2O3S. The molecule has 0 amide bonds. The number of rotatable bonds is 5. The quantitative estimate of drug-likeness (QED) is 0.780. The third kappa shape index (κ3) is 4.19. The van der Waals surface area contributed by atoms with E-state index in [0.717, 1.165) is 12.8 Å². The Kier molecular flexibility index (Phi) is 4.81. The molecule has 1 fully saturated rings. The van der Waals surface area contributed by atoms with Crippen molar-refractivity contribution in [2.75, 3.05) is 38.8 Å². The van der Waals surface area contributed by atoms with Crippen LogP contribution in [0.2, 0.25) is 0 Å². The lowest BCUT2D eigenvalue weighted by Gasteiger charge is -2.49. The smallest absolute Gasteiger partial charge is 0.148 e. The molecule has 1 heterocycles. The Morgan fingerprint density at radius 1 is 1.39 bits per heavy atom. The van der Waals surface area contributed by atoms with Crippen molar-refractivity contribution in [3.63, 3.8) is 0 Å². The van der Waals surface area contributed by atoms with Crippen LogP contribution in [0.15, 0.2) is 0 Å². The molecule has 1 aliphatic rings. The highest BCUT2D eigenvalue weighted by Gasteiger charge is 2.42. The van der Waals surface area contributed by atoms with E-state index < -0.39 is 9.84 Å². The minimum atomic E-state index is -2.94. The minimum absolute atomic E-state index is 0.146. The molecule has 0 aromatic carbocycles. The molecule has 0 aromatic rings. The number of likely N-dealkylation sites (N-methyl/N-ethyl adjacent to an activating group) is 1. The topological polar surface area (TPSA) is 72.6 Å². The molecule has 1 atom stereocenters. The first-order valence-electron chi connectivity index (χ1n) is 6.33. The molecule has 6 heteroatoms. The predicted molar refractivity (Wildman–Crippen MR) is 73.4 cm³/mol. The molecule has 1 aliphatic heterocycles. The summed E-state index contributed by atoms with van der Waals surface area (Å²) in [6.45, 7) is 5.83. The fourth-order valence-corrected chi connectivity index (χ4v) is 3.25. The molecule has 1 unspecified atom stereocenters. The van der Waals surface area contributed by atoms with Crippen LogP contribution in [0.5, 0.6) is 0 Å². The number of hydrogen-bond donors (Lipinski definition) is 1. The van der Waals surface area contributed by atoms with Gasteiger partial charge in [-0.25, -0.2) is 8.42 Å². The molecule has 108 valence electrons. The molecule has 0 spiro atoms. The van der Waals surface area contributed by atoms with Crippen molar-refractivity contribution in [2.45, 2.75) is 37.8 Å². The highest BCUT2D eigenvalue weighted by Crippen LogP contribution is 2.35. The first-order valence-corrected chi connectivity index (χ1v) is 8.39. The normalized spacial score (nSPS) is 28.6. The lowest BCUT2D eigenvalue weighted by Crippen LogP contribution is -2.60. The fourth-order valence-electron chi connectivity index (χ4n) is 2.64. The standard InChI is InChI=1S/C12H26N2O3S/c1-11(2)9-12(10-13,5-7-17-11)14(3)6-8-18(4,15)16/h5-10,13H2,1-4H3. The number of nitrogens with zero attached hydrogens (tertiary/aromatic N) is 1. The first-order chi connectivity index (χ1) is 8.10. The monoisotopic (exact) mass is 278 g/mol. The minimum Gasteiger partial charge on any atom is -0.375 e. The summed E-state index contributed by atoms with van der Waals surface area (Å²) in [5.74, 6) is 0.173. The predicted octanol–water partition coefficient (Wildman–Crippen LogP) is 0.249. The van der Waals surface area contributed by atoms with Gasteiger partial charge in [-0.2, -0.15) is 0 Å². The third-order valence-corrected chi connectivity index (χ3v) is 4.73. The summed E-state index contributed by atoms with van der Waals surface area (Å²) >= 11 is 0. The van der Waals surface area contributed by atoms with Crippen molar-refractivity contribution in [2.24, 2.45) is 5.73 Å². The Balaban J connectivity index is 2.74. The Morgan fingerprint density at radius 2 is 2.00 bits per heavy atom. The summed E-state index contributed by atoms with van der Waals surface area (Å²) < 4.78 is 28.2. The van der Waals surface area contributed by atoms with Crippen LogP contribution >= 0.6 is 0 Å². The van der Waals surface area contributed by atoms with Gasteiger partial charge in [-0.05, 0) is 33.7 Å². The molecule has 5 nitrogen and oxygen atoms in total. The van der Waals surface area contributed by atoms with Gasteiger partial charge in [0.2, 0.25) is 0 Å². The molecule has 0 saturated carbocycles. The van der Waals surface area contributed by atoms with Crippen LogP contribution in [0.3, 0.4) is 0 Å². The average molecular weight is 278 g/mol. The second-order valence-corrected chi connectivity index (χ2v) is 8.27. The average Bonchev–Trinajstić information content (AvgIpc) is 2.23. The third-order valence-electron chi connectivity index (χ3n) is 3.80. The van der Waals surface area contributed by atoms with E-state index in [2.05, 4.69) is 18.7 Å². The number of sulfone groups is 1. The Hall–Kier alpha value is -0.170. The van der Waals surface area contributed by atoms with Gasteiger partial charge in [-0.1, -0.05) is 0 Å². The zero-order valence-corrected chi connectivity index (χ0v) is 12.7. The van der Waals surface area contributed by atoms with E-state index in [-0.39, 0.29) is 16.9 Å². The molecular weight excluding hydrogens is 252 g/mol. The second kappa shape index (κ2) is 5.45. The molecule has 1 saturated heterocycles. The Labute approximate surface area is 111 Å². The maximum absolute atomic E-state index is 11.3. The van der Waals surface area contributed by atoms with Crippen molar-refractivity contribution < 1.29 is 13.2 Å². The van der Waals surface area contributed by atoms with Gasteiger partial charge in [0, 0.05) is 31.5 Å². The van der Waals surface area contributed by atoms with Gasteiger partial charge in [-0.15, -0.1) is 0 Å². The molecule has 0 aromatic heterocycles. The van der Waals surface area contributed by atoms with Crippen molar-refractivity contribution >= 4 is 9.84 Å². The fraction of sp³-hybridized carbons (Fsp3) is 1.00. The van der Waals surface area contributed by atoms with Crippen LogP contribution in [0.1, 0.15) is 26.7 Å². The highest BCUT2D eigenvalue weighted by molar-refractivity contribution is 7.90. The second-order valence-electron chi connectivity index (χ2n) is 6.01. The summed E-state index contributed by atoms with van der Waals surface area (Å²) in [7, 11) is -0.978. The summed E-state index contributed by atoms with van der Waals surface area (Å²) in [4.78, 5) is 2.10. The summed E-state index contributed by atoms with van der Waals surface area (Å²) in [5, 5.41) is 0. The lowest BCUT2D eigenvalue weighted by atomic mass is 9.80. The summed E-state index contributed by atoms with van der Waals surface area (Å²) in [6, 6.07) is 0. The van der Waals surface area contributed by atoms with E-state index in [9.17, 15) is 8.42 Å². The van der Waals surface area contributed by atoms with Gasteiger partial charge in [0.1, 0.15) is 9.84 Å². The van der Waals surface area contributed by atoms with Crippen LogP contribution in [0.4, 0.5) is 0 Å². The lowest BCUT2D eigenvalue weighted by molar-refractivity contribution is -0.112. The van der Waals surface area contributed by atoms with Crippen molar-refractivity contribution in [3.8, 4) is 0 Å². The van der Waals surface area contributed by atoms with Gasteiger partial charge in [0.25, 0.3) is 0 Å². The zero-order chi connectivity index (χ0) is 14.0. The SMILES string of the molecule is CN(CCS(C)(=O)=O)C1(CN)CCOC(C)(C)C1. The Bertz CT molecular complexity index is 381. The first kappa shape index (κ1) is 15.9. The number of ether oxygens (including phenoxy) is 1. The van der Waals surface area contributed by atoms with E-state index >= 15 is 0 Å². The van der Waals surface area contributed by atoms with Gasteiger partial charge in [0.15, 0.2) is 0 Å². The summed E-state index contributed by atoms with van der Waals surface area (Å²) in [5.41, 5.74) is 5.61. The molecule has 0 radical (unpaired) electrons. The van der Waals surface area contributed by atoms with Crippen LogP contribution in [0.25, 0.3) is 0 Å². The molecule has 0 bridgehead atoms. The summed E-state index contributed by atoms with van der Waals surface area (Å²) in [6.07, 6.45) is 2.95. The van der Waals surface area contributed by atoms with Gasteiger partial charge in [-0.3, -0.25) is 4.90 Å². The van der Waals surface area contributed by atoms with Crippen molar-refractivity contribution in [3.05, 3.63) is 0 Å². The Morgan fingerprint density at radius 3 is 2.44 bits per heavy atom. The maximum Gasteiger partial charge on any atom is 0.148 e. The zero-order valence-electron chi connectivity index (χ0n) is 11.9. The van der Waals surface area contributed by atoms with E-state index in [1.807, 2.05) is 7.05 Å². The number of hydrogen-bond acceptors (Lipinski definition) is 5. The van der Waals surface area contributed by atoms with Crippen molar-refractivity contribution in [1.82, 2.24) is 4.90 Å². The molecule has 0 aliphatic carbocycles. The maximum atomic E-state index is 11.3. The van der Waals surface area contributed by atoms with E-state index in [0.29, 0.717) is 19.7 Å². The van der Waals surface area contributed by atoms with Crippen LogP contribution in [-0.4, -0.2) is 63.2 Å². The highest BCUT2D eigenvalue weighted by atomic mass is 32.2. The van der Waals surface area contributed by atoms with E-state index in [4.69, 9.17) is 10.5 Å². The molecule has 1 rings (SSSR count). The largest absolute Gasteiger partial charge is 0.375 e. The van der Waals surface area contributed by atoms with Gasteiger partial charge in [0.05, 0.1) is 11.4 Å². The number of nitrogens with two attached hydrogens (primary N) is 1. The van der Waals surface area contributed by atoms with E-state index in [1.165, 1.54) is 6.26 Å². The van der Waals surface area contributed by atoms with Crippen LogP contribution < -0.4 is 5.73 Å². The van der Waals surface area contributed by atoms with E-state index in [1.54, 1.807) is 0 Å². The van der Waals surface area contributed by atoms with Gasteiger partial charge < -0.3 is 10.5 Å². The molecule has 2 N–H and O–H groups in total. The van der Waals surface area contributed by atoms with Crippen LogP contribution in [-0.2, 0) is 14.6 Å². The van der Waals surface area contributed by atoms with Gasteiger partial charge >= 0.3 is 0 Å². The molecule has 18 heavy (non-hydrogen) atoms. The van der Waals surface area contributed by atoms with Crippen molar-refractivity contribution in [1.29, 1.82) is 0 Å².